The molecule has 1 aromatic heterocycles. The van der Waals surface area contributed by atoms with Crippen molar-refractivity contribution >= 4 is 30.1 Å². The molecule has 0 N–H and O–H groups in total. The van der Waals surface area contributed by atoms with Crippen molar-refractivity contribution in [2.75, 3.05) is 38.2 Å². The van der Waals surface area contributed by atoms with Crippen LogP contribution in [0.4, 0.5) is 19.0 Å². The van der Waals surface area contributed by atoms with Gasteiger partial charge in [0, 0.05) is 26.2 Å². The normalized spacial score (nSPS) is 14.2. The fourth-order valence-corrected chi connectivity index (χ4v) is 2.93. The number of methoxy groups -OCH3 is 1. The highest BCUT2D eigenvalue weighted by molar-refractivity contribution is 5.96. The fourth-order valence-electron chi connectivity index (χ4n) is 2.93. The Morgan fingerprint density at radius 3 is 2.21 bits per heavy atom. The molecule has 1 fully saturated rings. The number of anilines is 1. The van der Waals surface area contributed by atoms with Gasteiger partial charge in [0.25, 0.3) is 5.91 Å². The number of esters is 1. The van der Waals surface area contributed by atoms with Gasteiger partial charge in [-0.2, -0.15) is 13.2 Å². The van der Waals surface area contributed by atoms with Gasteiger partial charge in [-0.3, -0.25) is 4.79 Å². The molecule has 1 aliphatic rings. The minimum atomic E-state index is -4.59. The van der Waals surface area contributed by atoms with Crippen LogP contribution in [0.15, 0.2) is 36.4 Å². The van der Waals surface area contributed by atoms with Crippen molar-refractivity contribution in [1.82, 2.24) is 15.1 Å². The number of ether oxygens (including phenoxy) is 1. The molecule has 0 unspecified atom stereocenters. The Kier molecular flexibility index (Phi) is 7.02. The third-order valence-electron chi connectivity index (χ3n) is 4.40. The zero-order valence-electron chi connectivity index (χ0n) is 15.3. The molecule has 29 heavy (non-hydrogen) atoms. The summed E-state index contributed by atoms with van der Waals surface area (Å²) < 4.78 is 44.0. The third-order valence-corrected chi connectivity index (χ3v) is 4.40. The van der Waals surface area contributed by atoms with Crippen molar-refractivity contribution in [2.45, 2.75) is 6.18 Å². The quantitative estimate of drug-likeness (QED) is 0.697. The van der Waals surface area contributed by atoms with Gasteiger partial charge in [-0.25, -0.2) is 4.79 Å². The molecule has 1 saturated heterocycles. The van der Waals surface area contributed by atoms with Gasteiger partial charge >= 0.3 is 12.1 Å². The summed E-state index contributed by atoms with van der Waals surface area (Å²) in [5.41, 5.74) is -1.22. The van der Waals surface area contributed by atoms with E-state index in [0.717, 1.165) is 6.07 Å². The summed E-state index contributed by atoms with van der Waals surface area (Å²) in [6.45, 7) is 1.25. The molecule has 11 heteroatoms. The number of rotatable bonds is 3. The lowest BCUT2D eigenvalue weighted by molar-refractivity contribution is -0.138. The maximum atomic E-state index is 13.1. The van der Waals surface area contributed by atoms with Crippen LogP contribution in [0.2, 0.25) is 0 Å². The summed E-state index contributed by atoms with van der Waals surface area (Å²) in [7, 11) is 1.24. The number of piperazine rings is 1. The Labute approximate surface area is 170 Å². The molecule has 2 aromatic rings. The number of hydrogen-bond donors (Lipinski definition) is 0. The molecule has 1 amide bonds. The predicted molar refractivity (Wildman–Crippen MR) is 100 cm³/mol. The number of alkyl halides is 3. The van der Waals surface area contributed by atoms with E-state index in [9.17, 15) is 22.8 Å². The average Bonchev–Trinajstić information content (AvgIpc) is 2.72. The first-order valence-electron chi connectivity index (χ1n) is 8.43. The van der Waals surface area contributed by atoms with Gasteiger partial charge in [0.15, 0.2) is 11.5 Å². The van der Waals surface area contributed by atoms with Crippen LogP contribution >= 0.6 is 12.4 Å². The molecule has 0 aliphatic carbocycles. The van der Waals surface area contributed by atoms with Crippen molar-refractivity contribution in [1.29, 1.82) is 0 Å². The molecule has 7 nitrogen and oxygen atoms in total. The van der Waals surface area contributed by atoms with E-state index < -0.39 is 23.6 Å². The van der Waals surface area contributed by atoms with E-state index in [2.05, 4.69) is 14.9 Å². The SMILES string of the molecule is COC(=O)c1ccc(N2CCN(C(=O)c3ccccc3C(F)(F)F)CC2)nn1.Cl. The van der Waals surface area contributed by atoms with Crippen molar-refractivity contribution in [3.63, 3.8) is 0 Å². The summed E-state index contributed by atoms with van der Waals surface area (Å²) >= 11 is 0. The van der Waals surface area contributed by atoms with Gasteiger partial charge in [-0.1, -0.05) is 12.1 Å². The minimum Gasteiger partial charge on any atom is -0.464 e. The van der Waals surface area contributed by atoms with Gasteiger partial charge in [-0.15, -0.1) is 22.6 Å². The van der Waals surface area contributed by atoms with Crippen LogP contribution in [-0.2, 0) is 10.9 Å². The smallest absolute Gasteiger partial charge is 0.417 e. The van der Waals surface area contributed by atoms with Crippen LogP contribution in [-0.4, -0.2) is 60.3 Å². The van der Waals surface area contributed by atoms with Crippen LogP contribution in [0, 0.1) is 0 Å². The van der Waals surface area contributed by atoms with E-state index >= 15 is 0 Å². The standard InChI is InChI=1S/C18H17F3N4O3.ClH/c1-28-17(27)14-6-7-15(23-22-14)24-8-10-25(11-9-24)16(26)12-4-2-3-5-13(12)18(19,20)21;/h2-7H,8-11H2,1H3;1H. The molecule has 0 radical (unpaired) electrons. The van der Waals surface area contributed by atoms with E-state index in [0.29, 0.717) is 18.9 Å². The fraction of sp³-hybridized carbons (Fsp3) is 0.333. The Balaban J connectivity index is 0.00000300. The zero-order chi connectivity index (χ0) is 20.3. The molecular formula is C18H18ClF3N4O3. The van der Waals surface area contributed by atoms with Gasteiger partial charge in [0.05, 0.1) is 18.2 Å². The number of amides is 1. The highest BCUT2D eigenvalue weighted by Crippen LogP contribution is 2.32. The number of carbonyl (C=O) groups is 2. The first-order valence-corrected chi connectivity index (χ1v) is 8.43. The van der Waals surface area contributed by atoms with E-state index in [1.807, 2.05) is 4.90 Å². The number of carbonyl (C=O) groups excluding carboxylic acids is 2. The van der Waals surface area contributed by atoms with Crippen molar-refractivity contribution < 1.29 is 27.5 Å². The molecule has 1 aliphatic heterocycles. The van der Waals surface area contributed by atoms with E-state index in [-0.39, 0.29) is 36.8 Å². The van der Waals surface area contributed by atoms with Crippen molar-refractivity contribution in [3.05, 3.63) is 53.2 Å². The third kappa shape index (κ3) is 4.94. The second-order valence-electron chi connectivity index (χ2n) is 6.09. The van der Waals surface area contributed by atoms with Crippen molar-refractivity contribution in [2.24, 2.45) is 0 Å². The number of halogens is 4. The van der Waals surface area contributed by atoms with Crippen LogP contribution in [0.1, 0.15) is 26.4 Å². The lowest BCUT2D eigenvalue weighted by Gasteiger charge is -2.35. The van der Waals surface area contributed by atoms with Crippen LogP contribution < -0.4 is 4.90 Å². The highest BCUT2D eigenvalue weighted by Gasteiger charge is 2.36. The Morgan fingerprint density at radius 1 is 1.00 bits per heavy atom. The van der Waals surface area contributed by atoms with Gasteiger partial charge in [0.2, 0.25) is 0 Å². The average molecular weight is 431 g/mol. The van der Waals surface area contributed by atoms with Gasteiger partial charge in [-0.05, 0) is 24.3 Å². The second-order valence-corrected chi connectivity index (χ2v) is 6.09. The Morgan fingerprint density at radius 2 is 1.66 bits per heavy atom. The largest absolute Gasteiger partial charge is 0.464 e. The maximum absolute atomic E-state index is 13.1. The molecule has 0 saturated carbocycles. The molecule has 0 bridgehead atoms. The van der Waals surface area contributed by atoms with E-state index in [4.69, 9.17) is 0 Å². The molecular weight excluding hydrogens is 413 g/mol. The number of nitrogens with zero attached hydrogens (tertiary/aromatic N) is 4. The monoisotopic (exact) mass is 430 g/mol. The molecule has 3 rings (SSSR count). The van der Waals surface area contributed by atoms with E-state index in [1.54, 1.807) is 6.07 Å². The zero-order valence-corrected chi connectivity index (χ0v) is 16.2. The number of hydrogen-bond acceptors (Lipinski definition) is 6. The summed E-state index contributed by atoms with van der Waals surface area (Å²) in [6, 6.07) is 7.85. The molecule has 156 valence electrons. The lowest BCUT2D eigenvalue weighted by Crippen LogP contribution is -2.49. The summed E-state index contributed by atoms with van der Waals surface area (Å²) in [5.74, 6) is -0.743. The topological polar surface area (TPSA) is 75.6 Å². The molecule has 0 atom stereocenters. The number of benzene rings is 1. The molecule has 0 spiro atoms. The molecule has 2 heterocycles. The first-order chi connectivity index (χ1) is 13.3. The highest BCUT2D eigenvalue weighted by atomic mass is 35.5. The van der Waals surface area contributed by atoms with Crippen LogP contribution in [0.3, 0.4) is 0 Å². The lowest BCUT2D eigenvalue weighted by atomic mass is 10.1. The Hall–Kier alpha value is -2.88. The maximum Gasteiger partial charge on any atom is 0.417 e. The first kappa shape index (κ1) is 22.4. The predicted octanol–water partition coefficient (Wildman–Crippen LogP) is 2.67. The number of aromatic nitrogens is 2. The summed E-state index contributed by atoms with van der Waals surface area (Å²) in [6.07, 6.45) is -4.59. The minimum absolute atomic E-state index is 0. The van der Waals surface area contributed by atoms with E-state index in [1.165, 1.54) is 36.3 Å². The van der Waals surface area contributed by atoms with Crippen molar-refractivity contribution in [3.8, 4) is 0 Å². The summed E-state index contributed by atoms with van der Waals surface area (Å²) in [4.78, 5) is 27.2. The van der Waals surface area contributed by atoms with Crippen LogP contribution in [0.25, 0.3) is 0 Å². The van der Waals surface area contributed by atoms with Gasteiger partial charge in [0.1, 0.15) is 0 Å². The summed E-state index contributed by atoms with van der Waals surface area (Å²) in [5, 5.41) is 7.76. The Bertz CT molecular complexity index is 869. The van der Waals surface area contributed by atoms with Crippen LogP contribution in [0.5, 0.6) is 0 Å². The second kappa shape index (κ2) is 9.08. The molecule has 1 aromatic carbocycles. The van der Waals surface area contributed by atoms with Gasteiger partial charge < -0.3 is 14.5 Å².